The van der Waals surface area contributed by atoms with Crippen LogP contribution >= 0.6 is 12.4 Å². The first kappa shape index (κ1) is 16.2. The molecule has 1 aliphatic carbocycles. The minimum Gasteiger partial charge on any atom is -0.383 e. The Morgan fingerprint density at radius 3 is 2.74 bits per heavy atom. The van der Waals surface area contributed by atoms with E-state index in [1.807, 2.05) is 4.90 Å². The summed E-state index contributed by atoms with van der Waals surface area (Å²) in [5, 5.41) is 3.00. The number of nitrogens with one attached hydrogen (secondary N) is 1. The first-order valence-corrected chi connectivity index (χ1v) is 6.49. The second-order valence-electron chi connectivity index (χ2n) is 4.80. The molecule has 0 atom stereocenters. The molecule has 110 valence electrons. The summed E-state index contributed by atoms with van der Waals surface area (Å²) < 4.78 is 4.89. The van der Waals surface area contributed by atoms with Crippen molar-refractivity contribution in [2.24, 2.45) is 0 Å². The zero-order chi connectivity index (χ0) is 13.0. The van der Waals surface area contributed by atoms with E-state index < -0.39 is 0 Å². The largest absolute Gasteiger partial charge is 0.383 e. The van der Waals surface area contributed by atoms with Gasteiger partial charge in [-0.2, -0.15) is 0 Å². The number of hydrogen-bond donors (Lipinski definition) is 1. The zero-order valence-electron chi connectivity index (χ0n) is 11.3. The van der Waals surface area contributed by atoms with Crippen molar-refractivity contribution >= 4 is 24.2 Å². The van der Waals surface area contributed by atoms with Crippen LogP contribution in [-0.2, 0) is 14.3 Å². The molecule has 2 fully saturated rings. The van der Waals surface area contributed by atoms with E-state index >= 15 is 0 Å². The van der Waals surface area contributed by atoms with Gasteiger partial charge in [-0.1, -0.05) is 0 Å². The molecule has 2 rings (SSSR count). The highest BCUT2D eigenvalue weighted by Gasteiger charge is 2.36. The van der Waals surface area contributed by atoms with Crippen LogP contribution in [0.1, 0.15) is 12.8 Å². The highest BCUT2D eigenvalue weighted by atomic mass is 35.5. The molecule has 6 nitrogen and oxygen atoms in total. The lowest BCUT2D eigenvalue weighted by atomic mass is 10.3. The van der Waals surface area contributed by atoms with Crippen molar-refractivity contribution in [2.75, 3.05) is 46.4 Å². The summed E-state index contributed by atoms with van der Waals surface area (Å²) in [5.41, 5.74) is 0. The van der Waals surface area contributed by atoms with Gasteiger partial charge in [-0.25, -0.2) is 0 Å². The fourth-order valence-electron chi connectivity index (χ4n) is 2.15. The van der Waals surface area contributed by atoms with Crippen LogP contribution in [0.2, 0.25) is 0 Å². The van der Waals surface area contributed by atoms with E-state index in [1.54, 1.807) is 12.0 Å². The van der Waals surface area contributed by atoms with Crippen molar-refractivity contribution in [3.05, 3.63) is 0 Å². The van der Waals surface area contributed by atoms with Crippen molar-refractivity contribution in [1.82, 2.24) is 15.1 Å². The highest BCUT2D eigenvalue weighted by Crippen LogP contribution is 2.27. The molecule has 0 aromatic heterocycles. The summed E-state index contributed by atoms with van der Waals surface area (Å²) >= 11 is 0. The average molecular weight is 292 g/mol. The number of nitrogens with zero attached hydrogens (tertiary/aromatic N) is 2. The third-order valence-corrected chi connectivity index (χ3v) is 3.36. The molecule has 0 spiro atoms. The number of carbonyl (C=O) groups excluding carboxylic acids is 2. The minimum atomic E-state index is -0.00472. The van der Waals surface area contributed by atoms with Gasteiger partial charge in [0.05, 0.1) is 19.7 Å². The van der Waals surface area contributed by atoms with Gasteiger partial charge in [0, 0.05) is 32.8 Å². The molecule has 1 heterocycles. The lowest BCUT2D eigenvalue weighted by Crippen LogP contribution is -2.54. The molecule has 2 amide bonds. The van der Waals surface area contributed by atoms with Crippen LogP contribution in [0.25, 0.3) is 0 Å². The molecule has 7 heteroatoms. The number of halogens is 1. The van der Waals surface area contributed by atoms with Crippen molar-refractivity contribution in [3.63, 3.8) is 0 Å². The van der Waals surface area contributed by atoms with Gasteiger partial charge in [-0.3, -0.25) is 9.59 Å². The van der Waals surface area contributed by atoms with Crippen LogP contribution in [0.15, 0.2) is 0 Å². The minimum absolute atomic E-state index is 0. The summed E-state index contributed by atoms with van der Waals surface area (Å²) in [5.74, 6) is 0.0869. The molecule has 1 saturated carbocycles. The molecule has 1 saturated heterocycles. The average Bonchev–Trinajstić information content (AvgIpc) is 3.18. The van der Waals surface area contributed by atoms with E-state index in [9.17, 15) is 9.59 Å². The summed E-state index contributed by atoms with van der Waals surface area (Å²) in [6, 6.07) is 0.453. The van der Waals surface area contributed by atoms with Gasteiger partial charge in [-0.05, 0) is 12.8 Å². The fourth-order valence-corrected chi connectivity index (χ4v) is 2.15. The van der Waals surface area contributed by atoms with Crippen molar-refractivity contribution < 1.29 is 14.3 Å². The molecule has 1 aliphatic heterocycles. The molecular formula is C12H22ClN3O3. The van der Waals surface area contributed by atoms with E-state index in [1.165, 1.54) is 0 Å². The quantitative estimate of drug-likeness (QED) is 0.669. The molecule has 0 aromatic carbocycles. The third kappa shape index (κ3) is 4.63. The SMILES string of the molecule is COCCNCC(=O)N1CCN(C2CC2)C(=O)C1.Cl. The van der Waals surface area contributed by atoms with E-state index in [0.717, 1.165) is 12.8 Å². The number of carbonyl (C=O) groups is 2. The van der Waals surface area contributed by atoms with Gasteiger partial charge in [0.25, 0.3) is 0 Å². The topological polar surface area (TPSA) is 61.9 Å². The predicted octanol–water partition coefficient (Wildman–Crippen LogP) is -0.523. The zero-order valence-corrected chi connectivity index (χ0v) is 12.1. The number of amides is 2. The molecule has 0 aromatic rings. The van der Waals surface area contributed by atoms with Gasteiger partial charge in [0.1, 0.15) is 0 Å². The summed E-state index contributed by atoms with van der Waals surface area (Å²) in [6.45, 7) is 3.10. The van der Waals surface area contributed by atoms with Crippen LogP contribution in [0.3, 0.4) is 0 Å². The predicted molar refractivity (Wildman–Crippen MR) is 73.3 cm³/mol. The van der Waals surface area contributed by atoms with Crippen LogP contribution in [0.5, 0.6) is 0 Å². The Balaban J connectivity index is 0.00000180. The molecular weight excluding hydrogens is 270 g/mol. The van der Waals surface area contributed by atoms with Gasteiger partial charge in [0.15, 0.2) is 0 Å². The fraction of sp³-hybridized carbons (Fsp3) is 0.833. The van der Waals surface area contributed by atoms with E-state index in [2.05, 4.69) is 5.32 Å². The van der Waals surface area contributed by atoms with E-state index in [-0.39, 0.29) is 37.3 Å². The van der Waals surface area contributed by atoms with E-state index in [0.29, 0.717) is 32.3 Å². The smallest absolute Gasteiger partial charge is 0.242 e. The standard InChI is InChI=1S/C12H21N3O3.ClH/c1-18-7-4-13-8-11(16)14-5-6-15(10-2-3-10)12(17)9-14;/h10,13H,2-9H2,1H3;1H. The first-order valence-electron chi connectivity index (χ1n) is 6.49. The highest BCUT2D eigenvalue weighted by molar-refractivity contribution is 5.87. The Morgan fingerprint density at radius 2 is 2.16 bits per heavy atom. The normalized spacial score (nSPS) is 19.3. The molecule has 19 heavy (non-hydrogen) atoms. The Hall–Kier alpha value is -0.850. The number of methoxy groups -OCH3 is 1. The van der Waals surface area contributed by atoms with Gasteiger partial charge >= 0.3 is 0 Å². The Bertz CT molecular complexity index is 323. The van der Waals surface area contributed by atoms with Crippen molar-refractivity contribution in [3.8, 4) is 0 Å². The van der Waals surface area contributed by atoms with Crippen LogP contribution in [-0.4, -0.2) is 74.1 Å². The molecule has 0 radical (unpaired) electrons. The van der Waals surface area contributed by atoms with Gasteiger partial charge in [-0.15, -0.1) is 12.4 Å². The third-order valence-electron chi connectivity index (χ3n) is 3.36. The maximum Gasteiger partial charge on any atom is 0.242 e. The monoisotopic (exact) mass is 291 g/mol. The summed E-state index contributed by atoms with van der Waals surface area (Å²) in [4.78, 5) is 27.3. The lowest BCUT2D eigenvalue weighted by Gasteiger charge is -2.34. The Kier molecular flexibility index (Phi) is 6.54. The second kappa shape index (κ2) is 7.67. The molecule has 2 aliphatic rings. The van der Waals surface area contributed by atoms with Crippen LogP contribution in [0.4, 0.5) is 0 Å². The van der Waals surface area contributed by atoms with Gasteiger partial charge in [0.2, 0.25) is 11.8 Å². The van der Waals surface area contributed by atoms with Crippen LogP contribution < -0.4 is 5.32 Å². The maximum atomic E-state index is 11.9. The summed E-state index contributed by atoms with van der Waals surface area (Å²) in [6.07, 6.45) is 2.25. The molecule has 1 N–H and O–H groups in total. The van der Waals surface area contributed by atoms with Crippen molar-refractivity contribution in [1.29, 1.82) is 0 Å². The molecule has 0 bridgehead atoms. The lowest BCUT2D eigenvalue weighted by molar-refractivity contribution is -0.145. The first-order chi connectivity index (χ1) is 8.72. The van der Waals surface area contributed by atoms with E-state index in [4.69, 9.17) is 4.74 Å². The van der Waals surface area contributed by atoms with Crippen LogP contribution in [0, 0.1) is 0 Å². The number of rotatable bonds is 6. The second-order valence-corrected chi connectivity index (χ2v) is 4.80. The molecule has 0 unspecified atom stereocenters. The Morgan fingerprint density at radius 1 is 1.42 bits per heavy atom. The maximum absolute atomic E-state index is 11.9. The van der Waals surface area contributed by atoms with Crippen molar-refractivity contribution in [2.45, 2.75) is 18.9 Å². The number of hydrogen-bond acceptors (Lipinski definition) is 4. The van der Waals surface area contributed by atoms with Gasteiger partial charge < -0.3 is 19.9 Å². The number of ether oxygens (including phenoxy) is 1. The number of piperazine rings is 1. The summed E-state index contributed by atoms with van der Waals surface area (Å²) in [7, 11) is 1.62. The Labute approximate surface area is 119 Å².